The van der Waals surface area contributed by atoms with E-state index in [1.807, 2.05) is 0 Å². The molecule has 3 rings (SSSR count). The van der Waals surface area contributed by atoms with Crippen LogP contribution in [0, 0.1) is 0 Å². The first kappa shape index (κ1) is 13.3. The number of nitrogens with one attached hydrogen (secondary N) is 1. The molecule has 0 aliphatic heterocycles. The predicted octanol–water partition coefficient (Wildman–Crippen LogP) is 0.745. The van der Waals surface area contributed by atoms with Gasteiger partial charge in [0.1, 0.15) is 5.69 Å². The average Bonchev–Trinajstić information content (AvgIpc) is 2.78. The van der Waals surface area contributed by atoms with E-state index in [1.54, 1.807) is 41.2 Å². The second kappa shape index (κ2) is 4.70. The van der Waals surface area contributed by atoms with E-state index in [9.17, 15) is 8.42 Å². The number of hydrogen-bond acceptors (Lipinski definition) is 6. The Balaban J connectivity index is 2.03. The van der Waals surface area contributed by atoms with Crippen molar-refractivity contribution in [3.63, 3.8) is 0 Å². The summed E-state index contributed by atoms with van der Waals surface area (Å²) in [7, 11) is -3.29. The fourth-order valence-electron chi connectivity index (χ4n) is 1.95. The van der Waals surface area contributed by atoms with Crippen LogP contribution in [-0.2, 0) is 10.0 Å². The lowest BCUT2D eigenvalue weighted by molar-refractivity contribution is 0.607. The van der Waals surface area contributed by atoms with Crippen molar-refractivity contribution in [2.45, 2.75) is 0 Å². The molecular weight excluding hydrogens is 292 g/mol. The molecule has 21 heavy (non-hydrogen) atoms. The highest BCUT2D eigenvalue weighted by Crippen LogP contribution is 2.23. The number of nitrogen functional groups attached to an aromatic ring is 1. The lowest BCUT2D eigenvalue weighted by atomic mass is 10.1. The van der Waals surface area contributed by atoms with Crippen LogP contribution in [-0.4, -0.2) is 34.3 Å². The Morgan fingerprint density at radius 3 is 2.62 bits per heavy atom. The number of benzene rings is 1. The molecule has 2 aromatic heterocycles. The minimum Gasteiger partial charge on any atom is -0.366 e. The Bertz CT molecular complexity index is 901. The topological polar surface area (TPSA) is 115 Å². The third-order valence-electron chi connectivity index (χ3n) is 2.73. The molecule has 0 radical (unpaired) electrons. The van der Waals surface area contributed by atoms with E-state index in [0.29, 0.717) is 17.0 Å². The van der Waals surface area contributed by atoms with Crippen molar-refractivity contribution in [1.29, 1.82) is 0 Å². The molecular formula is C12H12N6O2S. The minimum absolute atomic E-state index is 0.166. The van der Waals surface area contributed by atoms with Crippen LogP contribution in [0.5, 0.6) is 0 Å². The molecule has 3 N–H and O–H groups in total. The number of fused-ring (bicyclic) bond motifs is 1. The molecule has 0 fully saturated rings. The van der Waals surface area contributed by atoms with Gasteiger partial charge < -0.3 is 5.73 Å². The molecule has 3 aromatic rings. The number of nitrogens with zero attached hydrogens (tertiary/aromatic N) is 4. The Morgan fingerprint density at radius 1 is 1.24 bits per heavy atom. The fourth-order valence-corrected chi connectivity index (χ4v) is 2.51. The van der Waals surface area contributed by atoms with Gasteiger partial charge in [-0.15, -0.1) is 5.10 Å². The second-order valence-electron chi connectivity index (χ2n) is 4.47. The molecule has 9 heteroatoms. The van der Waals surface area contributed by atoms with E-state index in [2.05, 4.69) is 19.8 Å². The molecule has 0 aliphatic carbocycles. The molecule has 0 spiro atoms. The molecule has 0 amide bonds. The molecule has 108 valence electrons. The van der Waals surface area contributed by atoms with Gasteiger partial charge in [-0.3, -0.25) is 9.71 Å². The Kier molecular flexibility index (Phi) is 2.98. The van der Waals surface area contributed by atoms with E-state index in [1.165, 1.54) is 0 Å². The van der Waals surface area contributed by atoms with Gasteiger partial charge in [0, 0.05) is 23.6 Å². The molecule has 1 aromatic carbocycles. The van der Waals surface area contributed by atoms with Crippen LogP contribution in [0.2, 0.25) is 0 Å². The van der Waals surface area contributed by atoms with E-state index in [0.717, 1.165) is 11.8 Å². The summed E-state index contributed by atoms with van der Waals surface area (Å²) in [6.07, 6.45) is 4.35. The molecule has 0 aliphatic rings. The van der Waals surface area contributed by atoms with Gasteiger partial charge in [0.25, 0.3) is 0 Å². The summed E-state index contributed by atoms with van der Waals surface area (Å²) in [4.78, 5) is 8.40. The van der Waals surface area contributed by atoms with Crippen molar-refractivity contribution >= 4 is 27.3 Å². The first-order valence-corrected chi connectivity index (χ1v) is 7.86. The van der Waals surface area contributed by atoms with Crippen molar-refractivity contribution in [2.75, 3.05) is 16.7 Å². The zero-order valence-electron chi connectivity index (χ0n) is 11.1. The van der Waals surface area contributed by atoms with Gasteiger partial charge in [0.05, 0.1) is 6.26 Å². The number of sulfonamides is 1. The maximum atomic E-state index is 11.2. The van der Waals surface area contributed by atoms with Crippen LogP contribution in [0.15, 0.2) is 36.7 Å². The third kappa shape index (κ3) is 2.77. The normalized spacial score (nSPS) is 11.7. The summed E-state index contributed by atoms with van der Waals surface area (Å²) in [6.45, 7) is 0. The van der Waals surface area contributed by atoms with Crippen LogP contribution < -0.4 is 10.5 Å². The van der Waals surface area contributed by atoms with Crippen LogP contribution in [0.1, 0.15) is 0 Å². The molecule has 0 bridgehead atoms. The van der Waals surface area contributed by atoms with Gasteiger partial charge in [-0.1, -0.05) is 12.1 Å². The Hall–Kier alpha value is -2.68. The largest absolute Gasteiger partial charge is 0.366 e. The van der Waals surface area contributed by atoms with Crippen molar-refractivity contribution in [3.05, 3.63) is 36.7 Å². The molecule has 0 unspecified atom stereocenters. The predicted molar refractivity (Wildman–Crippen MR) is 79.1 cm³/mol. The number of nitrogens with two attached hydrogens (primary N) is 1. The SMILES string of the molecule is CS(=O)(=O)Nc1ccc(-c2nccn3nc(N)nc23)cc1. The highest BCUT2D eigenvalue weighted by molar-refractivity contribution is 7.92. The van der Waals surface area contributed by atoms with Gasteiger partial charge in [-0.25, -0.2) is 12.9 Å². The number of anilines is 2. The van der Waals surface area contributed by atoms with Crippen LogP contribution >= 0.6 is 0 Å². The molecule has 8 nitrogen and oxygen atoms in total. The van der Waals surface area contributed by atoms with Crippen LogP contribution in [0.4, 0.5) is 11.6 Å². The van der Waals surface area contributed by atoms with Crippen LogP contribution in [0.3, 0.4) is 0 Å². The van der Waals surface area contributed by atoms with Crippen molar-refractivity contribution in [3.8, 4) is 11.3 Å². The summed E-state index contributed by atoms with van der Waals surface area (Å²) in [5, 5.41) is 4.02. The highest BCUT2D eigenvalue weighted by atomic mass is 32.2. The molecule has 0 atom stereocenters. The zero-order valence-corrected chi connectivity index (χ0v) is 11.9. The average molecular weight is 304 g/mol. The standard InChI is InChI=1S/C12H12N6O2S/c1-21(19,20)17-9-4-2-8(3-5-9)10-11-15-12(13)16-18(11)7-6-14-10/h2-7,17H,1H3,(H2,13,16). The molecule has 0 saturated carbocycles. The van der Waals surface area contributed by atoms with Crippen molar-refractivity contribution in [1.82, 2.24) is 19.6 Å². The summed E-state index contributed by atoms with van der Waals surface area (Å²) in [5.74, 6) is 0.166. The Morgan fingerprint density at radius 2 is 1.95 bits per heavy atom. The maximum Gasteiger partial charge on any atom is 0.240 e. The molecule has 0 saturated heterocycles. The van der Waals surface area contributed by atoms with Gasteiger partial charge >= 0.3 is 0 Å². The Labute approximate surface area is 120 Å². The number of aromatic nitrogens is 4. The van der Waals surface area contributed by atoms with Crippen molar-refractivity contribution < 1.29 is 8.42 Å². The zero-order chi connectivity index (χ0) is 15.0. The first-order chi connectivity index (χ1) is 9.92. The fraction of sp³-hybridized carbons (Fsp3) is 0.0833. The van der Waals surface area contributed by atoms with Gasteiger partial charge in [0.15, 0.2) is 5.65 Å². The van der Waals surface area contributed by atoms with Crippen LogP contribution in [0.25, 0.3) is 16.9 Å². The highest BCUT2D eigenvalue weighted by Gasteiger charge is 2.10. The summed E-state index contributed by atoms with van der Waals surface area (Å²) in [5.41, 5.74) is 8.01. The lowest BCUT2D eigenvalue weighted by Crippen LogP contribution is -2.09. The lowest BCUT2D eigenvalue weighted by Gasteiger charge is -2.05. The second-order valence-corrected chi connectivity index (χ2v) is 6.21. The van der Waals surface area contributed by atoms with Gasteiger partial charge in [-0.05, 0) is 12.1 Å². The quantitative estimate of drug-likeness (QED) is 0.737. The summed E-state index contributed by atoms with van der Waals surface area (Å²) < 4.78 is 26.3. The maximum absolute atomic E-state index is 11.2. The summed E-state index contributed by atoms with van der Waals surface area (Å²) >= 11 is 0. The van der Waals surface area contributed by atoms with Crippen molar-refractivity contribution in [2.24, 2.45) is 0 Å². The third-order valence-corrected chi connectivity index (χ3v) is 3.34. The smallest absolute Gasteiger partial charge is 0.240 e. The van der Waals surface area contributed by atoms with E-state index >= 15 is 0 Å². The number of hydrogen-bond donors (Lipinski definition) is 2. The van der Waals surface area contributed by atoms with Gasteiger partial charge in [-0.2, -0.15) is 4.98 Å². The number of rotatable bonds is 3. The first-order valence-electron chi connectivity index (χ1n) is 5.97. The minimum atomic E-state index is -3.29. The van der Waals surface area contributed by atoms with E-state index in [4.69, 9.17) is 5.73 Å². The van der Waals surface area contributed by atoms with E-state index < -0.39 is 10.0 Å². The molecule has 2 heterocycles. The van der Waals surface area contributed by atoms with E-state index in [-0.39, 0.29) is 5.95 Å². The monoisotopic (exact) mass is 304 g/mol. The summed E-state index contributed by atoms with van der Waals surface area (Å²) in [6, 6.07) is 6.81. The van der Waals surface area contributed by atoms with Gasteiger partial charge in [0.2, 0.25) is 16.0 Å².